The lowest BCUT2D eigenvalue weighted by atomic mass is 10.1. The highest BCUT2D eigenvalue weighted by Crippen LogP contribution is 2.08. The van der Waals surface area contributed by atoms with Crippen LogP contribution in [-0.2, 0) is 4.74 Å². The van der Waals surface area contributed by atoms with Crippen molar-refractivity contribution in [3.05, 3.63) is 35.6 Å². The molecular formula is C14H17FN2O2. The fourth-order valence-electron chi connectivity index (χ4n) is 1.67. The molecule has 0 saturated carbocycles. The molecule has 0 spiro atoms. The number of rotatable bonds is 8. The maximum atomic E-state index is 13.5. The molecule has 0 N–H and O–H groups in total. The van der Waals surface area contributed by atoms with Gasteiger partial charge < -0.3 is 4.74 Å². The van der Waals surface area contributed by atoms with E-state index in [9.17, 15) is 9.18 Å². The Balaban J connectivity index is 2.65. The van der Waals surface area contributed by atoms with Gasteiger partial charge in [0.25, 0.3) is 0 Å². The predicted octanol–water partition coefficient (Wildman–Crippen LogP) is 1.87. The molecule has 0 fully saturated rings. The SMILES string of the molecule is COCCN(CCC#N)CC(=O)c1ccccc1F. The van der Waals surface area contributed by atoms with Crippen molar-refractivity contribution in [3.8, 4) is 6.07 Å². The van der Waals surface area contributed by atoms with Crippen LogP contribution in [0, 0.1) is 17.1 Å². The van der Waals surface area contributed by atoms with Crippen LogP contribution in [0.4, 0.5) is 4.39 Å². The summed E-state index contributed by atoms with van der Waals surface area (Å²) in [6, 6.07) is 7.94. The van der Waals surface area contributed by atoms with E-state index in [2.05, 4.69) is 0 Å². The Morgan fingerprint density at radius 3 is 2.79 bits per heavy atom. The zero-order chi connectivity index (χ0) is 14.1. The van der Waals surface area contributed by atoms with Gasteiger partial charge in [-0.15, -0.1) is 0 Å². The van der Waals surface area contributed by atoms with E-state index >= 15 is 0 Å². The molecule has 0 amide bonds. The highest BCUT2D eigenvalue weighted by molar-refractivity contribution is 5.97. The molecular weight excluding hydrogens is 247 g/mol. The Morgan fingerprint density at radius 2 is 2.16 bits per heavy atom. The summed E-state index contributed by atoms with van der Waals surface area (Å²) in [6.07, 6.45) is 0.328. The number of nitriles is 1. The van der Waals surface area contributed by atoms with Crippen LogP contribution >= 0.6 is 0 Å². The molecule has 0 radical (unpaired) electrons. The maximum absolute atomic E-state index is 13.5. The monoisotopic (exact) mass is 264 g/mol. The third kappa shape index (κ3) is 5.16. The molecule has 102 valence electrons. The number of ketones is 1. The fourth-order valence-corrected chi connectivity index (χ4v) is 1.67. The minimum atomic E-state index is -0.514. The summed E-state index contributed by atoms with van der Waals surface area (Å²) in [6.45, 7) is 1.57. The van der Waals surface area contributed by atoms with Crippen molar-refractivity contribution in [1.29, 1.82) is 5.26 Å². The van der Waals surface area contributed by atoms with Gasteiger partial charge >= 0.3 is 0 Å². The molecule has 0 saturated heterocycles. The van der Waals surface area contributed by atoms with Gasteiger partial charge in [0.1, 0.15) is 5.82 Å². The summed E-state index contributed by atoms with van der Waals surface area (Å²) >= 11 is 0. The lowest BCUT2D eigenvalue weighted by molar-refractivity contribution is 0.0894. The van der Waals surface area contributed by atoms with Gasteiger partial charge in [0.2, 0.25) is 0 Å². The number of nitrogens with zero attached hydrogens (tertiary/aromatic N) is 2. The van der Waals surface area contributed by atoms with E-state index < -0.39 is 5.82 Å². The summed E-state index contributed by atoms with van der Waals surface area (Å²) in [7, 11) is 1.57. The lowest BCUT2D eigenvalue weighted by Crippen LogP contribution is -2.33. The maximum Gasteiger partial charge on any atom is 0.179 e. The average molecular weight is 264 g/mol. The Labute approximate surface area is 112 Å². The Hall–Kier alpha value is -1.77. The number of hydrogen-bond donors (Lipinski definition) is 0. The van der Waals surface area contributed by atoms with E-state index in [1.807, 2.05) is 6.07 Å². The molecule has 0 aromatic heterocycles. The number of halogens is 1. The van der Waals surface area contributed by atoms with Crippen molar-refractivity contribution in [2.24, 2.45) is 0 Å². The molecule has 1 rings (SSSR count). The van der Waals surface area contributed by atoms with Gasteiger partial charge in [-0.2, -0.15) is 5.26 Å². The van der Waals surface area contributed by atoms with E-state index in [4.69, 9.17) is 10.00 Å². The van der Waals surface area contributed by atoms with Crippen molar-refractivity contribution in [1.82, 2.24) is 4.90 Å². The summed E-state index contributed by atoms with van der Waals surface area (Å²) in [5.74, 6) is -0.799. The van der Waals surface area contributed by atoms with Crippen molar-refractivity contribution in [2.45, 2.75) is 6.42 Å². The average Bonchev–Trinajstić information content (AvgIpc) is 2.42. The number of methoxy groups -OCH3 is 1. The Morgan fingerprint density at radius 1 is 1.42 bits per heavy atom. The second-order valence-corrected chi connectivity index (χ2v) is 4.08. The Bertz CT molecular complexity index is 457. The van der Waals surface area contributed by atoms with Gasteiger partial charge in [0.05, 0.1) is 24.8 Å². The van der Waals surface area contributed by atoms with Crippen molar-refractivity contribution >= 4 is 5.78 Å². The van der Waals surface area contributed by atoms with Gasteiger partial charge in [-0.05, 0) is 12.1 Å². The molecule has 0 aliphatic heterocycles. The molecule has 0 aliphatic rings. The standard InChI is InChI=1S/C14H17FN2O2/c1-19-10-9-17(8-4-7-16)11-14(18)12-5-2-3-6-13(12)15/h2-3,5-6H,4,8-11H2,1H3. The number of carbonyl (C=O) groups excluding carboxylic acids is 1. The zero-order valence-electron chi connectivity index (χ0n) is 10.9. The first-order valence-electron chi connectivity index (χ1n) is 6.05. The van der Waals surface area contributed by atoms with E-state index in [-0.39, 0.29) is 17.9 Å². The van der Waals surface area contributed by atoms with Crippen LogP contribution in [0.5, 0.6) is 0 Å². The Kier molecular flexibility index (Phi) is 6.72. The molecule has 1 aromatic carbocycles. The number of benzene rings is 1. The van der Waals surface area contributed by atoms with E-state index in [1.54, 1.807) is 24.1 Å². The zero-order valence-corrected chi connectivity index (χ0v) is 10.9. The molecule has 0 aliphatic carbocycles. The minimum absolute atomic E-state index is 0.0851. The molecule has 0 atom stereocenters. The van der Waals surface area contributed by atoms with Crippen LogP contribution in [0.2, 0.25) is 0 Å². The number of ether oxygens (including phenoxy) is 1. The molecule has 19 heavy (non-hydrogen) atoms. The molecule has 1 aromatic rings. The highest BCUT2D eigenvalue weighted by atomic mass is 19.1. The molecule has 5 heteroatoms. The van der Waals surface area contributed by atoms with Crippen molar-refractivity contribution < 1.29 is 13.9 Å². The number of carbonyl (C=O) groups is 1. The van der Waals surface area contributed by atoms with Gasteiger partial charge in [-0.25, -0.2) is 4.39 Å². The van der Waals surface area contributed by atoms with Crippen molar-refractivity contribution in [3.63, 3.8) is 0 Å². The summed E-state index contributed by atoms with van der Waals surface area (Å²) < 4.78 is 18.4. The fraction of sp³-hybridized carbons (Fsp3) is 0.429. The first-order valence-corrected chi connectivity index (χ1v) is 6.05. The number of hydrogen-bond acceptors (Lipinski definition) is 4. The predicted molar refractivity (Wildman–Crippen MR) is 69.3 cm³/mol. The molecule has 0 heterocycles. The smallest absolute Gasteiger partial charge is 0.179 e. The lowest BCUT2D eigenvalue weighted by Gasteiger charge is -2.19. The first kappa shape index (κ1) is 15.3. The second-order valence-electron chi connectivity index (χ2n) is 4.08. The molecule has 4 nitrogen and oxygen atoms in total. The topological polar surface area (TPSA) is 53.3 Å². The van der Waals surface area contributed by atoms with Crippen LogP contribution in [0.3, 0.4) is 0 Å². The third-order valence-corrected chi connectivity index (χ3v) is 2.69. The third-order valence-electron chi connectivity index (χ3n) is 2.69. The van der Waals surface area contributed by atoms with Gasteiger partial charge in [0.15, 0.2) is 5.78 Å². The quantitative estimate of drug-likeness (QED) is 0.673. The molecule has 0 unspecified atom stereocenters. The second kappa shape index (κ2) is 8.35. The minimum Gasteiger partial charge on any atom is -0.383 e. The summed E-state index contributed by atoms with van der Waals surface area (Å²) in [4.78, 5) is 13.8. The summed E-state index contributed by atoms with van der Waals surface area (Å²) in [5.41, 5.74) is 0.0851. The van der Waals surface area contributed by atoms with E-state index in [0.717, 1.165) is 0 Å². The van der Waals surface area contributed by atoms with Gasteiger partial charge in [0, 0.05) is 26.6 Å². The van der Waals surface area contributed by atoms with Crippen molar-refractivity contribution in [2.75, 3.05) is 33.4 Å². The highest BCUT2D eigenvalue weighted by Gasteiger charge is 2.15. The number of Topliss-reactive ketones (excluding diaryl/α,β-unsaturated/α-hetero) is 1. The summed E-state index contributed by atoms with van der Waals surface area (Å²) in [5, 5.41) is 8.58. The van der Waals surface area contributed by atoms with Gasteiger partial charge in [-0.1, -0.05) is 12.1 Å². The van der Waals surface area contributed by atoms with E-state index in [0.29, 0.717) is 26.1 Å². The first-order chi connectivity index (χ1) is 9.19. The van der Waals surface area contributed by atoms with Gasteiger partial charge in [-0.3, -0.25) is 9.69 Å². The van der Waals surface area contributed by atoms with Crippen LogP contribution in [-0.4, -0.2) is 44.0 Å². The largest absolute Gasteiger partial charge is 0.383 e. The van der Waals surface area contributed by atoms with Crippen LogP contribution in [0.1, 0.15) is 16.8 Å². The molecule has 0 bridgehead atoms. The van der Waals surface area contributed by atoms with Crippen LogP contribution in [0.25, 0.3) is 0 Å². The normalized spacial score (nSPS) is 10.4. The van der Waals surface area contributed by atoms with Crippen LogP contribution < -0.4 is 0 Å². The van der Waals surface area contributed by atoms with Crippen LogP contribution in [0.15, 0.2) is 24.3 Å². The van der Waals surface area contributed by atoms with E-state index in [1.165, 1.54) is 12.1 Å².